The number of carbonyl (C=O) groups is 4. The molecule has 0 aromatic carbocycles. The molecule has 13 heteroatoms. The zero-order chi connectivity index (χ0) is 21.4. The average molecular weight is 421 g/mol. The molecule has 1 heterocycles. The molecule has 0 saturated carbocycles. The Morgan fingerprint density at radius 3 is 1.86 bits per heavy atom. The van der Waals surface area contributed by atoms with Crippen molar-refractivity contribution in [2.45, 2.75) is 58.3 Å². The normalized spacial score (nSPS) is 26.4. The molecule has 5 atom stereocenters. The van der Waals surface area contributed by atoms with Crippen molar-refractivity contribution in [1.82, 2.24) is 10.7 Å². The van der Waals surface area contributed by atoms with Crippen molar-refractivity contribution in [3.8, 4) is 0 Å². The van der Waals surface area contributed by atoms with Crippen molar-refractivity contribution >= 4 is 41.2 Å². The van der Waals surface area contributed by atoms with E-state index in [4.69, 9.17) is 41.7 Å². The van der Waals surface area contributed by atoms with Gasteiger partial charge in [-0.1, -0.05) is 0 Å². The molecule has 0 aromatic heterocycles. The van der Waals surface area contributed by atoms with Gasteiger partial charge < -0.3 is 34.4 Å². The van der Waals surface area contributed by atoms with Gasteiger partial charge in [0.25, 0.3) is 0 Å². The van der Waals surface area contributed by atoms with Crippen LogP contribution in [0.3, 0.4) is 0 Å². The molecule has 1 saturated heterocycles. The second-order valence-electron chi connectivity index (χ2n) is 5.74. The number of esters is 4. The van der Waals surface area contributed by atoms with E-state index in [2.05, 4.69) is 10.7 Å². The van der Waals surface area contributed by atoms with Crippen LogP contribution in [0, 0.1) is 0 Å². The van der Waals surface area contributed by atoms with Crippen LogP contribution < -0.4 is 16.6 Å². The molecular formula is C15H23N3O9S. The molecule has 1 aliphatic heterocycles. The minimum atomic E-state index is -1.28. The lowest BCUT2D eigenvalue weighted by molar-refractivity contribution is -0.254. The van der Waals surface area contributed by atoms with Crippen LogP contribution in [0.4, 0.5) is 0 Å². The SMILES string of the molecule is CC(=O)OCC1OC(NC(=S)NN)C(OC(C)=O)C(OC(C)=O)C1OC(C)=O. The molecule has 5 unspecified atom stereocenters. The van der Waals surface area contributed by atoms with Crippen LogP contribution in [-0.4, -0.2) is 66.2 Å². The quantitative estimate of drug-likeness (QED) is 0.148. The maximum Gasteiger partial charge on any atom is 0.303 e. The van der Waals surface area contributed by atoms with Crippen molar-refractivity contribution in [1.29, 1.82) is 0 Å². The number of rotatable bonds is 6. The minimum absolute atomic E-state index is 0.0686. The fraction of sp³-hybridized carbons (Fsp3) is 0.667. The Labute approximate surface area is 166 Å². The molecule has 28 heavy (non-hydrogen) atoms. The summed E-state index contributed by atoms with van der Waals surface area (Å²) < 4.78 is 26.4. The summed E-state index contributed by atoms with van der Waals surface area (Å²) >= 11 is 4.93. The van der Waals surface area contributed by atoms with Crippen molar-refractivity contribution < 1.29 is 42.9 Å². The highest BCUT2D eigenvalue weighted by molar-refractivity contribution is 7.80. The lowest BCUT2D eigenvalue weighted by Gasteiger charge is -2.44. The summed E-state index contributed by atoms with van der Waals surface area (Å²) in [4.78, 5) is 45.9. The zero-order valence-electron chi connectivity index (χ0n) is 15.8. The van der Waals surface area contributed by atoms with E-state index in [-0.39, 0.29) is 11.7 Å². The average Bonchev–Trinajstić information content (AvgIpc) is 2.57. The molecule has 0 amide bonds. The van der Waals surface area contributed by atoms with Crippen molar-refractivity contribution in [2.75, 3.05) is 6.61 Å². The Kier molecular flexibility index (Phi) is 9.02. The van der Waals surface area contributed by atoms with Gasteiger partial charge in [0.1, 0.15) is 12.7 Å². The van der Waals surface area contributed by atoms with Crippen LogP contribution in [0.15, 0.2) is 0 Å². The first-order valence-electron chi connectivity index (χ1n) is 8.12. The smallest absolute Gasteiger partial charge is 0.303 e. The Hall–Kier alpha value is -2.51. The maximum absolute atomic E-state index is 11.6. The largest absolute Gasteiger partial charge is 0.463 e. The van der Waals surface area contributed by atoms with E-state index in [9.17, 15) is 19.2 Å². The van der Waals surface area contributed by atoms with Gasteiger partial charge in [-0.05, 0) is 12.2 Å². The standard InChI is InChI=1S/C15H23N3O9S/c1-6(19)23-5-10-11(24-7(2)20)12(25-8(3)21)13(26-9(4)22)14(27-10)17-15(28)18-16/h10-14H,5,16H2,1-4H3,(H2,17,18,28). The highest BCUT2D eigenvalue weighted by atomic mass is 32.1. The number of hydrazine groups is 1. The fourth-order valence-electron chi connectivity index (χ4n) is 2.52. The highest BCUT2D eigenvalue weighted by Crippen LogP contribution is 2.28. The van der Waals surface area contributed by atoms with Gasteiger partial charge in [-0.3, -0.25) is 19.2 Å². The van der Waals surface area contributed by atoms with Crippen molar-refractivity contribution in [3.63, 3.8) is 0 Å². The number of nitrogens with one attached hydrogen (secondary N) is 2. The second-order valence-corrected chi connectivity index (χ2v) is 6.15. The van der Waals surface area contributed by atoms with Crippen LogP contribution in [-0.2, 0) is 42.9 Å². The third kappa shape index (κ3) is 7.25. The summed E-state index contributed by atoms with van der Waals surface area (Å²) in [7, 11) is 0. The van der Waals surface area contributed by atoms with E-state index in [0.29, 0.717) is 0 Å². The van der Waals surface area contributed by atoms with Crippen LogP contribution in [0.2, 0.25) is 0 Å². The zero-order valence-corrected chi connectivity index (χ0v) is 16.6. The number of carbonyl (C=O) groups excluding carboxylic acids is 4. The van der Waals surface area contributed by atoms with E-state index < -0.39 is 54.5 Å². The first-order valence-corrected chi connectivity index (χ1v) is 8.53. The summed E-state index contributed by atoms with van der Waals surface area (Å²) in [5, 5.41) is 2.57. The monoisotopic (exact) mass is 421 g/mol. The number of nitrogens with two attached hydrogens (primary N) is 1. The molecule has 0 aliphatic carbocycles. The van der Waals surface area contributed by atoms with Crippen LogP contribution in [0.5, 0.6) is 0 Å². The van der Waals surface area contributed by atoms with Crippen molar-refractivity contribution in [2.24, 2.45) is 5.84 Å². The molecule has 158 valence electrons. The molecule has 1 fully saturated rings. The Morgan fingerprint density at radius 2 is 1.39 bits per heavy atom. The molecule has 1 aliphatic rings. The summed E-state index contributed by atoms with van der Waals surface area (Å²) in [6.07, 6.45) is -6.00. The molecule has 0 aromatic rings. The van der Waals surface area contributed by atoms with E-state index in [1.165, 1.54) is 6.92 Å². The van der Waals surface area contributed by atoms with Gasteiger partial charge in [0.2, 0.25) is 0 Å². The molecule has 4 N–H and O–H groups in total. The molecule has 1 rings (SSSR count). The van der Waals surface area contributed by atoms with Crippen LogP contribution in [0.25, 0.3) is 0 Å². The summed E-state index contributed by atoms with van der Waals surface area (Å²) in [6, 6.07) is 0. The van der Waals surface area contributed by atoms with Gasteiger partial charge in [0, 0.05) is 27.7 Å². The number of thiocarbonyl (C=S) groups is 1. The number of hydrogen-bond acceptors (Lipinski definition) is 11. The van der Waals surface area contributed by atoms with Gasteiger partial charge >= 0.3 is 23.9 Å². The number of hydrogen-bond donors (Lipinski definition) is 3. The van der Waals surface area contributed by atoms with E-state index in [1.54, 1.807) is 0 Å². The van der Waals surface area contributed by atoms with E-state index in [0.717, 1.165) is 20.8 Å². The Morgan fingerprint density at radius 1 is 0.893 bits per heavy atom. The van der Waals surface area contributed by atoms with Gasteiger partial charge in [-0.15, -0.1) is 0 Å². The van der Waals surface area contributed by atoms with Gasteiger partial charge in [0.15, 0.2) is 29.7 Å². The third-order valence-electron chi connectivity index (χ3n) is 3.40. The summed E-state index contributed by atoms with van der Waals surface area (Å²) in [5.74, 6) is 2.46. The maximum atomic E-state index is 11.6. The lowest BCUT2D eigenvalue weighted by Crippen LogP contribution is -2.67. The Balaban J connectivity index is 3.30. The molecule has 12 nitrogen and oxygen atoms in total. The highest BCUT2D eigenvalue weighted by Gasteiger charge is 2.52. The van der Waals surface area contributed by atoms with Gasteiger partial charge in [-0.25, -0.2) is 5.84 Å². The minimum Gasteiger partial charge on any atom is -0.463 e. The molecule has 0 bridgehead atoms. The molecule has 0 radical (unpaired) electrons. The lowest BCUT2D eigenvalue weighted by atomic mass is 9.97. The Bertz CT molecular complexity index is 630. The first-order chi connectivity index (χ1) is 13.0. The fourth-order valence-corrected chi connectivity index (χ4v) is 2.63. The van der Waals surface area contributed by atoms with Crippen LogP contribution >= 0.6 is 12.2 Å². The molecule has 0 spiro atoms. The first kappa shape index (κ1) is 23.5. The topological polar surface area (TPSA) is 165 Å². The van der Waals surface area contributed by atoms with E-state index >= 15 is 0 Å². The number of ether oxygens (including phenoxy) is 5. The molecular weight excluding hydrogens is 398 g/mol. The predicted octanol–water partition coefficient (Wildman–Crippen LogP) is -1.59. The van der Waals surface area contributed by atoms with Gasteiger partial charge in [-0.2, -0.15) is 0 Å². The second kappa shape index (κ2) is 10.7. The summed E-state index contributed by atoms with van der Waals surface area (Å²) in [5.41, 5.74) is 2.17. The van der Waals surface area contributed by atoms with Crippen LogP contribution in [0.1, 0.15) is 27.7 Å². The summed E-state index contributed by atoms with van der Waals surface area (Å²) in [6.45, 7) is 4.23. The van der Waals surface area contributed by atoms with Crippen molar-refractivity contribution in [3.05, 3.63) is 0 Å². The third-order valence-corrected chi connectivity index (χ3v) is 3.63. The van der Waals surface area contributed by atoms with E-state index in [1.807, 2.05) is 0 Å². The predicted molar refractivity (Wildman–Crippen MR) is 95.0 cm³/mol. The van der Waals surface area contributed by atoms with Gasteiger partial charge in [0.05, 0.1) is 0 Å².